The number of carbonyl (C=O) groups excluding carboxylic acids is 2. The van der Waals surface area contributed by atoms with Crippen LogP contribution in [0, 0.1) is 11.7 Å². The lowest BCUT2D eigenvalue weighted by Crippen LogP contribution is -2.35. The Balaban J connectivity index is 1.62. The molecule has 0 radical (unpaired) electrons. The second-order valence-corrected chi connectivity index (χ2v) is 7.11. The van der Waals surface area contributed by atoms with E-state index in [9.17, 15) is 14.0 Å². The lowest BCUT2D eigenvalue weighted by molar-refractivity contribution is -0.125. The first-order valence-electron chi connectivity index (χ1n) is 9.58. The maximum atomic E-state index is 14.0. The fourth-order valence-electron chi connectivity index (χ4n) is 3.10. The Morgan fingerprint density at radius 3 is 2.50 bits per heavy atom. The van der Waals surface area contributed by atoms with Crippen LogP contribution < -0.4 is 19.5 Å². The minimum Gasteiger partial charge on any atom is -0.497 e. The van der Waals surface area contributed by atoms with Gasteiger partial charge in [-0.2, -0.15) is 0 Å². The van der Waals surface area contributed by atoms with Crippen LogP contribution in [0.25, 0.3) is 0 Å². The normalized spacial score (nSPS) is 13.5. The topological polar surface area (TPSA) is 83.1 Å². The zero-order valence-electron chi connectivity index (χ0n) is 17.1. The van der Waals surface area contributed by atoms with Crippen LogP contribution in [-0.4, -0.2) is 38.8 Å². The Labute approximate surface area is 174 Å². The van der Waals surface area contributed by atoms with E-state index >= 15 is 0 Å². The Bertz CT molecular complexity index is 930. The predicted octanol–water partition coefficient (Wildman–Crippen LogP) is 3.28. The number of fused-ring (bicyclic) bond motifs is 1. The van der Waals surface area contributed by atoms with E-state index < -0.39 is 24.3 Å². The molecule has 1 N–H and O–H groups in total. The maximum Gasteiger partial charge on any atom is 0.341 e. The van der Waals surface area contributed by atoms with Crippen molar-refractivity contribution in [1.82, 2.24) is 5.32 Å². The lowest BCUT2D eigenvalue weighted by atomic mass is 9.95. The molecule has 0 spiro atoms. The minimum atomic E-state index is -0.925. The maximum absolute atomic E-state index is 14.0. The average molecular weight is 417 g/mol. The molecule has 7 nitrogen and oxygen atoms in total. The Morgan fingerprint density at radius 1 is 1.10 bits per heavy atom. The number of ether oxygens (including phenoxy) is 4. The molecule has 1 atom stereocenters. The summed E-state index contributed by atoms with van der Waals surface area (Å²) in [5.41, 5.74) is 0.575. The molecule has 0 saturated carbocycles. The van der Waals surface area contributed by atoms with Gasteiger partial charge < -0.3 is 24.3 Å². The molecule has 160 valence electrons. The standard InChI is InChI=1S/C22H24FNO6/c1-13(2)21(14-4-7-18-19(10-14)29-9-8-28-18)24-20(25)12-30-22(26)16-6-5-15(27-3)11-17(16)23/h4-7,10-11,13,21H,8-9,12H2,1-3H3,(H,24,25)/t21-/m0/s1. The second kappa shape index (κ2) is 9.47. The minimum absolute atomic E-state index is 0.0613. The number of amides is 1. The number of rotatable bonds is 7. The van der Waals surface area contributed by atoms with Crippen molar-refractivity contribution in [2.75, 3.05) is 26.9 Å². The van der Waals surface area contributed by atoms with E-state index in [1.54, 1.807) is 6.07 Å². The van der Waals surface area contributed by atoms with Gasteiger partial charge in [-0.05, 0) is 35.7 Å². The van der Waals surface area contributed by atoms with Gasteiger partial charge in [-0.3, -0.25) is 4.79 Å². The van der Waals surface area contributed by atoms with Gasteiger partial charge in [0.1, 0.15) is 24.8 Å². The van der Waals surface area contributed by atoms with Gasteiger partial charge in [0.05, 0.1) is 18.7 Å². The number of benzene rings is 2. The van der Waals surface area contributed by atoms with Crippen LogP contribution in [-0.2, 0) is 9.53 Å². The third kappa shape index (κ3) is 5.00. The molecule has 3 rings (SSSR count). The highest BCUT2D eigenvalue weighted by atomic mass is 19.1. The van der Waals surface area contributed by atoms with Crippen LogP contribution in [0.3, 0.4) is 0 Å². The number of halogens is 1. The Morgan fingerprint density at radius 2 is 1.83 bits per heavy atom. The summed E-state index contributed by atoms with van der Waals surface area (Å²) in [6, 6.07) is 8.93. The number of hydrogen-bond acceptors (Lipinski definition) is 6. The number of hydrogen-bond donors (Lipinski definition) is 1. The van der Waals surface area contributed by atoms with Crippen molar-refractivity contribution in [2.24, 2.45) is 5.92 Å². The molecule has 0 saturated heterocycles. The summed E-state index contributed by atoms with van der Waals surface area (Å²) >= 11 is 0. The van der Waals surface area contributed by atoms with E-state index in [0.29, 0.717) is 24.7 Å². The van der Waals surface area contributed by atoms with Crippen molar-refractivity contribution < 1.29 is 32.9 Å². The first-order chi connectivity index (χ1) is 14.4. The summed E-state index contributed by atoms with van der Waals surface area (Å²) in [6.45, 7) is 4.35. The van der Waals surface area contributed by atoms with Gasteiger partial charge in [0.2, 0.25) is 0 Å². The van der Waals surface area contributed by atoms with Gasteiger partial charge in [0, 0.05) is 6.07 Å². The van der Waals surface area contributed by atoms with Crippen molar-refractivity contribution in [3.63, 3.8) is 0 Å². The average Bonchev–Trinajstić information content (AvgIpc) is 2.75. The summed E-state index contributed by atoms with van der Waals surface area (Å²) < 4.78 is 35.0. The monoisotopic (exact) mass is 417 g/mol. The van der Waals surface area contributed by atoms with E-state index in [-0.39, 0.29) is 23.3 Å². The molecular weight excluding hydrogens is 393 g/mol. The van der Waals surface area contributed by atoms with E-state index in [0.717, 1.165) is 11.6 Å². The Hall–Kier alpha value is -3.29. The molecule has 8 heteroatoms. The van der Waals surface area contributed by atoms with E-state index in [1.165, 1.54) is 19.2 Å². The molecule has 2 aromatic carbocycles. The zero-order valence-corrected chi connectivity index (χ0v) is 17.1. The van der Waals surface area contributed by atoms with Crippen LogP contribution in [0.15, 0.2) is 36.4 Å². The summed E-state index contributed by atoms with van der Waals surface area (Å²) in [7, 11) is 1.39. The molecular formula is C22H24FNO6. The highest BCUT2D eigenvalue weighted by Gasteiger charge is 2.22. The van der Waals surface area contributed by atoms with Gasteiger partial charge in [-0.15, -0.1) is 0 Å². The van der Waals surface area contributed by atoms with Crippen molar-refractivity contribution in [3.8, 4) is 17.2 Å². The first kappa shape index (κ1) is 21.4. The van der Waals surface area contributed by atoms with Crippen LogP contribution in [0.2, 0.25) is 0 Å². The van der Waals surface area contributed by atoms with Gasteiger partial charge in [-0.25, -0.2) is 9.18 Å². The van der Waals surface area contributed by atoms with Gasteiger partial charge in [0.25, 0.3) is 5.91 Å². The SMILES string of the molecule is COc1ccc(C(=O)OCC(=O)N[C@H](c2ccc3c(c2)OCCO3)C(C)C)c(F)c1. The molecule has 1 heterocycles. The molecule has 0 aromatic heterocycles. The van der Waals surface area contributed by atoms with Crippen molar-refractivity contribution >= 4 is 11.9 Å². The molecule has 1 aliphatic heterocycles. The number of esters is 1. The Kier molecular flexibility index (Phi) is 6.76. The zero-order chi connectivity index (χ0) is 21.7. The summed E-state index contributed by atoms with van der Waals surface area (Å²) in [6.07, 6.45) is 0. The fourth-order valence-corrected chi connectivity index (χ4v) is 3.10. The molecule has 0 aliphatic carbocycles. The largest absolute Gasteiger partial charge is 0.497 e. The van der Waals surface area contributed by atoms with Gasteiger partial charge in [-0.1, -0.05) is 19.9 Å². The van der Waals surface area contributed by atoms with Crippen LogP contribution in [0.5, 0.6) is 17.2 Å². The molecule has 1 aliphatic rings. The fraction of sp³-hybridized carbons (Fsp3) is 0.364. The van der Waals surface area contributed by atoms with E-state index in [1.807, 2.05) is 26.0 Å². The van der Waals surface area contributed by atoms with Crippen LogP contribution in [0.1, 0.15) is 35.8 Å². The van der Waals surface area contributed by atoms with Crippen LogP contribution in [0.4, 0.5) is 4.39 Å². The van der Waals surface area contributed by atoms with Crippen molar-refractivity contribution in [2.45, 2.75) is 19.9 Å². The molecule has 0 bridgehead atoms. The predicted molar refractivity (Wildman–Crippen MR) is 106 cm³/mol. The third-order valence-corrected chi connectivity index (χ3v) is 4.64. The third-order valence-electron chi connectivity index (χ3n) is 4.64. The van der Waals surface area contributed by atoms with E-state index in [4.69, 9.17) is 18.9 Å². The quantitative estimate of drug-likeness (QED) is 0.697. The van der Waals surface area contributed by atoms with Gasteiger partial charge >= 0.3 is 5.97 Å². The molecule has 0 fully saturated rings. The number of nitrogens with one attached hydrogen (secondary N) is 1. The van der Waals surface area contributed by atoms with Crippen molar-refractivity contribution in [1.29, 1.82) is 0 Å². The number of methoxy groups -OCH3 is 1. The van der Waals surface area contributed by atoms with Crippen molar-refractivity contribution in [3.05, 3.63) is 53.3 Å². The summed E-state index contributed by atoms with van der Waals surface area (Å²) in [4.78, 5) is 24.5. The molecule has 1 amide bonds. The highest BCUT2D eigenvalue weighted by Crippen LogP contribution is 2.34. The smallest absolute Gasteiger partial charge is 0.341 e. The van der Waals surface area contributed by atoms with Crippen LogP contribution >= 0.6 is 0 Å². The second-order valence-electron chi connectivity index (χ2n) is 7.11. The lowest BCUT2D eigenvalue weighted by Gasteiger charge is -2.25. The summed E-state index contributed by atoms with van der Waals surface area (Å²) in [5, 5.41) is 2.85. The van der Waals surface area contributed by atoms with E-state index in [2.05, 4.69) is 5.32 Å². The molecule has 2 aromatic rings. The first-order valence-corrected chi connectivity index (χ1v) is 9.58. The molecule has 30 heavy (non-hydrogen) atoms. The van der Waals surface area contributed by atoms with Gasteiger partial charge in [0.15, 0.2) is 18.1 Å². The number of carbonyl (C=O) groups is 2. The highest BCUT2D eigenvalue weighted by molar-refractivity contribution is 5.91. The summed E-state index contributed by atoms with van der Waals surface area (Å²) in [5.74, 6) is -0.575. The molecule has 0 unspecified atom stereocenters.